The molecule has 4 N–H and O–H groups in total. The van der Waals surface area contributed by atoms with E-state index in [4.69, 9.17) is 20.2 Å². The number of ether oxygens (including phenoxy) is 2. The minimum absolute atomic E-state index is 0.596. The van der Waals surface area contributed by atoms with Gasteiger partial charge in [0.15, 0.2) is 0 Å². The van der Waals surface area contributed by atoms with E-state index in [1.807, 2.05) is 78.9 Å². The van der Waals surface area contributed by atoms with Crippen molar-refractivity contribution >= 4 is 22.9 Å². The molecule has 0 spiro atoms. The lowest BCUT2D eigenvalue weighted by Gasteiger charge is -2.11. The maximum atomic E-state index is 6.11. The highest BCUT2D eigenvalue weighted by molar-refractivity contribution is 5.84. The summed E-state index contributed by atoms with van der Waals surface area (Å²) in [5.41, 5.74) is 9.57. The predicted octanol–water partition coefficient (Wildman–Crippen LogP) is 5.05. The van der Waals surface area contributed by atoms with Crippen LogP contribution in [0.4, 0.5) is 11.4 Å². The summed E-state index contributed by atoms with van der Waals surface area (Å²) in [6.07, 6.45) is 8.01. The summed E-state index contributed by atoms with van der Waals surface area (Å²) < 4.78 is 11.2. The first-order valence-electron chi connectivity index (χ1n) is 10.3. The Balaban J connectivity index is 1.56. The van der Waals surface area contributed by atoms with Gasteiger partial charge in [0, 0.05) is 18.1 Å². The fourth-order valence-corrected chi connectivity index (χ4v) is 3.38. The lowest BCUT2D eigenvalue weighted by molar-refractivity contribution is -0.446. The lowest BCUT2D eigenvalue weighted by Crippen LogP contribution is -2.82. The van der Waals surface area contributed by atoms with Gasteiger partial charge in [-0.2, -0.15) is 0 Å². The molecule has 156 valence electrons. The molecular formula is C26H26N3O2+. The first kappa shape index (κ1) is 20.4. The van der Waals surface area contributed by atoms with Gasteiger partial charge >= 0.3 is 0 Å². The van der Waals surface area contributed by atoms with Gasteiger partial charge in [-0.25, -0.2) is 4.99 Å². The summed E-state index contributed by atoms with van der Waals surface area (Å²) >= 11 is 0. The van der Waals surface area contributed by atoms with Crippen LogP contribution >= 0.6 is 0 Å². The zero-order chi connectivity index (χ0) is 21.5. The van der Waals surface area contributed by atoms with Gasteiger partial charge in [0.05, 0.1) is 18.5 Å². The normalized spacial score (nSPS) is 16.3. The van der Waals surface area contributed by atoms with Crippen LogP contribution in [-0.4, -0.2) is 12.9 Å². The number of hydrogen-bond donors (Lipinski definition) is 2. The van der Waals surface area contributed by atoms with Crippen molar-refractivity contribution in [2.24, 2.45) is 4.99 Å². The summed E-state index contributed by atoms with van der Waals surface area (Å²) in [7, 11) is 1.62. The van der Waals surface area contributed by atoms with E-state index in [1.54, 1.807) is 7.11 Å². The van der Waals surface area contributed by atoms with Gasteiger partial charge in [0.25, 0.3) is 0 Å². The van der Waals surface area contributed by atoms with Crippen LogP contribution in [0.15, 0.2) is 96.0 Å². The molecule has 0 amide bonds. The van der Waals surface area contributed by atoms with Crippen LogP contribution < -0.4 is 20.5 Å². The Morgan fingerprint density at radius 2 is 1.77 bits per heavy atom. The molecule has 1 heterocycles. The van der Waals surface area contributed by atoms with E-state index < -0.39 is 0 Å². The first-order valence-corrected chi connectivity index (χ1v) is 10.3. The highest BCUT2D eigenvalue weighted by Crippen LogP contribution is 2.27. The minimum Gasteiger partial charge on any atom is -0.495 e. The van der Waals surface area contributed by atoms with Crippen LogP contribution in [0.3, 0.4) is 0 Å². The molecule has 1 aliphatic heterocycles. The number of anilines is 1. The van der Waals surface area contributed by atoms with Crippen LogP contribution in [0.2, 0.25) is 0 Å². The molecule has 0 fully saturated rings. The van der Waals surface area contributed by atoms with Crippen LogP contribution in [0, 0.1) is 0 Å². The molecule has 0 unspecified atom stereocenters. The number of quaternary nitrogens is 1. The molecule has 5 heteroatoms. The molecule has 3 aromatic rings. The van der Waals surface area contributed by atoms with Crippen molar-refractivity contribution in [3.05, 3.63) is 96.6 Å². The highest BCUT2D eigenvalue weighted by Gasteiger charge is 2.12. The van der Waals surface area contributed by atoms with E-state index in [1.165, 1.54) is 0 Å². The van der Waals surface area contributed by atoms with Crippen LogP contribution in [0.25, 0.3) is 5.70 Å². The Morgan fingerprint density at radius 3 is 2.58 bits per heavy atom. The molecule has 0 atom stereocenters. The number of amidine groups is 1. The van der Waals surface area contributed by atoms with Crippen molar-refractivity contribution in [3.8, 4) is 17.2 Å². The van der Waals surface area contributed by atoms with Crippen molar-refractivity contribution in [2.75, 3.05) is 12.8 Å². The third kappa shape index (κ3) is 5.41. The van der Waals surface area contributed by atoms with E-state index in [0.717, 1.165) is 47.1 Å². The van der Waals surface area contributed by atoms with E-state index in [9.17, 15) is 0 Å². The SMILES string of the molecule is COc1ccc(/C2=C/C=C\CCC([NH2+]c3cccc(Oc4ccccc4)c3)=N2)cc1N. The highest BCUT2D eigenvalue weighted by atomic mass is 16.5. The number of benzene rings is 3. The van der Waals surface area contributed by atoms with E-state index in [2.05, 4.69) is 17.5 Å². The molecule has 0 radical (unpaired) electrons. The number of nitrogens with zero attached hydrogens (tertiary/aromatic N) is 1. The van der Waals surface area contributed by atoms with Gasteiger partial charge < -0.3 is 15.2 Å². The number of methoxy groups -OCH3 is 1. The third-order valence-corrected chi connectivity index (χ3v) is 4.92. The van der Waals surface area contributed by atoms with E-state index in [0.29, 0.717) is 11.4 Å². The van der Waals surface area contributed by atoms with Crippen molar-refractivity contribution in [1.29, 1.82) is 0 Å². The Labute approximate surface area is 182 Å². The number of rotatable bonds is 5. The quantitative estimate of drug-likeness (QED) is 0.576. The molecule has 4 rings (SSSR count). The number of nitrogen functional groups attached to an aromatic ring is 1. The minimum atomic E-state index is 0.596. The summed E-state index contributed by atoms with van der Waals surface area (Å²) in [6, 6.07) is 23.6. The molecule has 0 aliphatic carbocycles. The summed E-state index contributed by atoms with van der Waals surface area (Å²) in [6.45, 7) is 0. The van der Waals surface area contributed by atoms with Gasteiger partial charge in [-0.15, -0.1) is 0 Å². The third-order valence-electron chi connectivity index (χ3n) is 4.92. The fraction of sp³-hybridized carbons (Fsp3) is 0.115. The predicted molar refractivity (Wildman–Crippen MR) is 126 cm³/mol. The summed E-state index contributed by atoms with van der Waals surface area (Å²) in [5, 5.41) is 2.11. The fourth-order valence-electron chi connectivity index (χ4n) is 3.38. The number of para-hydroxylation sites is 1. The standard InChI is InChI=1S/C26H25N3O2/c1-30-25-16-15-19(17-23(25)27)24-13-6-3-7-14-26(29-24)28-20-9-8-12-22(18-20)31-21-10-4-2-5-11-21/h2-6,8-13,15-18H,7,14,27H2,1H3,(H,28,29)/p+1/b6-3-,24-13-. The molecule has 3 aromatic carbocycles. The van der Waals surface area contributed by atoms with Gasteiger partial charge in [0.1, 0.15) is 22.9 Å². The molecule has 31 heavy (non-hydrogen) atoms. The van der Waals surface area contributed by atoms with E-state index in [-0.39, 0.29) is 0 Å². The maximum absolute atomic E-state index is 6.11. The topological polar surface area (TPSA) is 73.5 Å². The van der Waals surface area contributed by atoms with Crippen LogP contribution in [0.5, 0.6) is 17.2 Å². The maximum Gasteiger partial charge on any atom is 0.205 e. The number of nitrogens with two attached hydrogens (primary N) is 2. The van der Waals surface area contributed by atoms with Gasteiger partial charge in [-0.3, -0.25) is 5.32 Å². The second-order valence-electron chi connectivity index (χ2n) is 7.21. The lowest BCUT2D eigenvalue weighted by atomic mass is 10.1. The Bertz CT molecular complexity index is 1130. The smallest absolute Gasteiger partial charge is 0.205 e. The monoisotopic (exact) mass is 412 g/mol. The zero-order valence-electron chi connectivity index (χ0n) is 17.5. The Kier molecular flexibility index (Phi) is 6.45. The van der Waals surface area contributed by atoms with Crippen molar-refractivity contribution in [2.45, 2.75) is 12.8 Å². The molecular weight excluding hydrogens is 386 g/mol. The van der Waals surface area contributed by atoms with Crippen molar-refractivity contribution in [1.82, 2.24) is 0 Å². The molecule has 0 saturated heterocycles. The molecule has 0 bridgehead atoms. The average molecular weight is 413 g/mol. The largest absolute Gasteiger partial charge is 0.495 e. The molecule has 1 aliphatic rings. The average Bonchev–Trinajstić information content (AvgIpc) is 2.76. The summed E-state index contributed by atoms with van der Waals surface area (Å²) in [4.78, 5) is 4.95. The second-order valence-corrected chi connectivity index (χ2v) is 7.21. The Hall–Kier alpha value is -3.83. The van der Waals surface area contributed by atoms with Gasteiger partial charge in [-0.1, -0.05) is 36.4 Å². The molecule has 5 nitrogen and oxygen atoms in total. The molecule has 0 aromatic heterocycles. The first-order chi connectivity index (χ1) is 15.2. The van der Waals surface area contributed by atoms with Crippen molar-refractivity contribution < 1.29 is 14.8 Å². The second kappa shape index (κ2) is 9.78. The van der Waals surface area contributed by atoms with Crippen LogP contribution in [-0.2, 0) is 0 Å². The number of allylic oxidation sites excluding steroid dienone is 3. The van der Waals surface area contributed by atoms with Crippen LogP contribution in [0.1, 0.15) is 18.4 Å². The summed E-state index contributed by atoms with van der Waals surface area (Å²) in [5.74, 6) is 3.28. The zero-order valence-corrected chi connectivity index (χ0v) is 17.5. The van der Waals surface area contributed by atoms with Gasteiger partial charge in [-0.05, 0) is 55.0 Å². The Morgan fingerprint density at radius 1 is 0.935 bits per heavy atom. The van der Waals surface area contributed by atoms with Gasteiger partial charge in [0.2, 0.25) is 5.84 Å². The molecule has 0 saturated carbocycles. The van der Waals surface area contributed by atoms with Crippen molar-refractivity contribution in [3.63, 3.8) is 0 Å². The van der Waals surface area contributed by atoms with E-state index >= 15 is 0 Å². The number of hydrogen-bond acceptors (Lipinski definition) is 4. The number of aliphatic imine (C=N–C) groups is 1.